The zero-order valence-electron chi connectivity index (χ0n) is 10.8. The zero-order valence-corrected chi connectivity index (χ0v) is 13.2. The normalized spacial score (nSPS) is 11.6. The average Bonchev–Trinajstić information content (AvgIpc) is 2.42. The van der Waals surface area contributed by atoms with E-state index in [-0.39, 0.29) is 22.1 Å². The lowest BCUT2D eigenvalue weighted by atomic mass is 10.1. The van der Waals surface area contributed by atoms with Crippen LogP contribution < -0.4 is 5.73 Å². The van der Waals surface area contributed by atoms with Crippen molar-refractivity contribution in [3.05, 3.63) is 52.0 Å². The number of rotatable bonds is 3. The quantitative estimate of drug-likeness (QED) is 0.886. The number of phenols is 1. The first-order valence-corrected chi connectivity index (χ1v) is 8.17. The maximum absolute atomic E-state index is 12.6. The summed E-state index contributed by atoms with van der Waals surface area (Å²) in [6.45, 7) is 1.70. The number of benzene rings is 2. The molecule has 0 saturated heterocycles. The Bertz CT molecular complexity index is 740. The zero-order chi connectivity index (χ0) is 14.9. The summed E-state index contributed by atoms with van der Waals surface area (Å²) in [5.74, 6) is 0.0419. The summed E-state index contributed by atoms with van der Waals surface area (Å²) in [5.41, 5.74) is 6.57. The third kappa shape index (κ3) is 2.59. The van der Waals surface area contributed by atoms with Crippen molar-refractivity contribution in [1.29, 1.82) is 0 Å². The van der Waals surface area contributed by atoms with E-state index in [0.29, 0.717) is 11.1 Å². The number of hydrogen-bond donors (Lipinski definition) is 2. The van der Waals surface area contributed by atoms with Crippen LogP contribution in [0.5, 0.6) is 5.75 Å². The van der Waals surface area contributed by atoms with E-state index in [1.165, 1.54) is 24.3 Å². The number of nitrogens with two attached hydrogens (primary N) is 1. The Morgan fingerprint density at radius 3 is 2.30 bits per heavy atom. The molecule has 2 aromatic carbocycles. The fraction of sp³-hybridized carbons (Fsp3) is 0.143. The summed E-state index contributed by atoms with van der Waals surface area (Å²) >= 11 is 3.27. The second kappa shape index (κ2) is 5.55. The maximum Gasteiger partial charge on any atom is 0.206 e. The standard InChI is InChI=1S/C14H14BrNO3S/c1-9-12(8-16)14(7-6-13(9)17)20(18,19)11-4-2-10(15)3-5-11/h2-7,17H,8,16H2,1H3. The Hall–Kier alpha value is -1.37. The topological polar surface area (TPSA) is 80.4 Å². The van der Waals surface area contributed by atoms with Gasteiger partial charge in [0.05, 0.1) is 9.79 Å². The summed E-state index contributed by atoms with van der Waals surface area (Å²) in [4.78, 5) is 0.332. The number of sulfone groups is 1. The van der Waals surface area contributed by atoms with Gasteiger partial charge >= 0.3 is 0 Å². The van der Waals surface area contributed by atoms with Crippen molar-refractivity contribution in [3.8, 4) is 5.75 Å². The molecule has 6 heteroatoms. The van der Waals surface area contributed by atoms with Crippen LogP contribution in [0.1, 0.15) is 11.1 Å². The molecule has 0 spiro atoms. The fourth-order valence-corrected chi connectivity index (χ4v) is 3.79. The SMILES string of the molecule is Cc1c(O)ccc(S(=O)(=O)c2ccc(Br)cc2)c1CN. The summed E-state index contributed by atoms with van der Waals surface area (Å²) in [6, 6.07) is 9.16. The Labute approximate surface area is 126 Å². The molecule has 106 valence electrons. The van der Waals surface area contributed by atoms with Gasteiger partial charge in [-0.2, -0.15) is 0 Å². The van der Waals surface area contributed by atoms with E-state index in [1.54, 1.807) is 19.1 Å². The first-order valence-electron chi connectivity index (χ1n) is 5.90. The van der Waals surface area contributed by atoms with Gasteiger partial charge in [-0.25, -0.2) is 8.42 Å². The van der Waals surface area contributed by atoms with Gasteiger partial charge in [-0.15, -0.1) is 0 Å². The Kier molecular flexibility index (Phi) is 4.17. The minimum atomic E-state index is -3.65. The molecule has 0 aliphatic heterocycles. The minimum Gasteiger partial charge on any atom is -0.508 e. The molecule has 0 atom stereocenters. The van der Waals surface area contributed by atoms with E-state index in [4.69, 9.17) is 5.73 Å². The molecule has 0 aliphatic carbocycles. The molecule has 0 unspecified atom stereocenters. The molecule has 0 bridgehead atoms. The molecule has 20 heavy (non-hydrogen) atoms. The summed E-state index contributed by atoms with van der Waals surface area (Å²) < 4.78 is 26.1. The van der Waals surface area contributed by atoms with Gasteiger partial charge in [-0.1, -0.05) is 15.9 Å². The van der Waals surface area contributed by atoms with Crippen molar-refractivity contribution in [2.45, 2.75) is 23.3 Å². The van der Waals surface area contributed by atoms with Crippen LogP contribution in [-0.4, -0.2) is 13.5 Å². The van der Waals surface area contributed by atoms with Crippen molar-refractivity contribution in [1.82, 2.24) is 0 Å². The number of halogens is 1. The Balaban J connectivity index is 2.66. The third-order valence-electron chi connectivity index (χ3n) is 3.14. The fourth-order valence-electron chi connectivity index (χ4n) is 1.97. The molecule has 3 N–H and O–H groups in total. The molecule has 0 amide bonds. The van der Waals surface area contributed by atoms with E-state index in [0.717, 1.165) is 4.47 Å². The summed E-state index contributed by atoms with van der Waals surface area (Å²) in [7, 11) is -3.65. The molecule has 2 aromatic rings. The van der Waals surface area contributed by atoms with E-state index in [9.17, 15) is 13.5 Å². The van der Waals surface area contributed by atoms with Gasteiger partial charge in [0.2, 0.25) is 9.84 Å². The van der Waals surface area contributed by atoms with Crippen LogP contribution in [0.25, 0.3) is 0 Å². The van der Waals surface area contributed by atoms with E-state index >= 15 is 0 Å². The van der Waals surface area contributed by atoms with E-state index in [1.807, 2.05) is 0 Å². The van der Waals surface area contributed by atoms with Gasteiger partial charge in [0.15, 0.2) is 0 Å². The van der Waals surface area contributed by atoms with Gasteiger partial charge in [-0.3, -0.25) is 0 Å². The van der Waals surface area contributed by atoms with Crippen molar-refractivity contribution >= 4 is 25.8 Å². The monoisotopic (exact) mass is 355 g/mol. The van der Waals surface area contributed by atoms with Gasteiger partial charge in [0, 0.05) is 11.0 Å². The average molecular weight is 356 g/mol. The van der Waals surface area contributed by atoms with Crippen LogP contribution in [-0.2, 0) is 16.4 Å². The highest BCUT2D eigenvalue weighted by Gasteiger charge is 2.22. The van der Waals surface area contributed by atoms with Crippen LogP contribution in [0.15, 0.2) is 50.7 Å². The molecule has 0 aromatic heterocycles. The lowest BCUT2D eigenvalue weighted by molar-refractivity contribution is 0.469. The molecule has 0 radical (unpaired) electrons. The molecule has 4 nitrogen and oxygen atoms in total. The third-order valence-corrected chi connectivity index (χ3v) is 5.53. The van der Waals surface area contributed by atoms with Crippen molar-refractivity contribution in [2.75, 3.05) is 0 Å². The predicted octanol–water partition coefficient (Wildman–Crippen LogP) is 2.75. The molecule has 0 saturated carbocycles. The van der Waals surface area contributed by atoms with Crippen LogP contribution in [0.4, 0.5) is 0 Å². The van der Waals surface area contributed by atoms with E-state index < -0.39 is 9.84 Å². The molecule has 0 aliphatic rings. The van der Waals surface area contributed by atoms with Crippen LogP contribution in [0.3, 0.4) is 0 Å². The number of hydrogen-bond acceptors (Lipinski definition) is 4. The largest absolute Gasteiger partial charge is 0.508 e. The van der Waals surface area contributed by atoms with Gasteiger partial charge in [-0.05, 0) is 54.4 Å². The lowest BCUT2D eigenvalue weighted by Crippen LogP contribution is -2.10. The van der Waals surface area contributed by atoms with Crippen molar-refractivity contribution in [3.63, 3.8) is 0 Å². The van der Waals surface area contributed by atoms with Crippen LogP contribution in [0.2, 0.25) is 0 Å². The predicted molar refractivity (Wildman–Crippen MR) is 80.3 cm³/mol. The van der Waals surface area contributed by atoms with Crippen molar-refractivity contribution in [2.24, 2.45) is 5.73 Å². The second-order valence-electron chi connectivity index (χ2n) is 4.35. The number of aromatic hydroxyl groups is 1. The highest BCUT2D eigenvalue weighted by Crippen LogP contribution is 2.30. The van der Waals surface area contributed by atoms with Gasteiger partial charge in [0.1, 0.15) is 5.75 Å². The van der Waals surface area contributed by atoms with E-state index in [2.05, 4.69) is 15.9 Å². The lowest BCUT2D eigenvalue weighted by Gasteiger charge is -2.13. The van der Waals surface area contributed by atoms with Gasteiger partial charge in [0.25, 0.3) is 0 Å². The number of phenolic OH excluding ortho intramolecular Hbond substituents is 1. The Morgan fingerprint density at radius 1 is 1.15 bits per heavy atom. The van der Waals surface area contributed by atoms with Crippen molar-refractivity contribution < 1.29 is 13.5 Å². The molecule has 0 heterocycles. The minimum absolute atomic E-state index is 0.0419. The highest BCUT2D eigenvalue weighted by molar-refractivity contribution is 9.10. The summed E-state index contributed by atoms with van der Waals surface area (Å²) in [5, 5.41) is 9.67. The molecular formula is C14H14BrNO3S. The smallest absolute Gasteiger partial charge is 0.206 e. The first-order chi connectivity index (χ1) is 9.37. The summed E-state index contributed by atoms with van der Waals surface area (Å²) in [6.07, 6.45) is 0. The molecule has 2 rings (SSSR count). The maximum atomic E-state index is 12.6. The van der Waals surface area contributed by atoms with Crippen LogP contribution in [0, 0.1) is 6.92 Å². The Morgan fingerprint density at radius 2 is 1.75 bits per heavy atom. The molecule has 0 fully saturated rings. The highest BCUT2D eigenvalue weighted by atomic mass is 79.9. The second-order valence-corrected chi connectivity index (χ2v) is 7.18. The molecular weight excluding hydrogens is 342 g/mol. The first kappa shape index (κ1) is 15.0. The van der Waals surface area contributed by atoms with Crippen LogP contribution >= 0.6 is 15.9 Å². The van der Waals surface area contributed by atoms with Gasteiger partial charge < -0.3 is 10.8 Å².